The number of rotatable bonds is 8. The van der Waals surface area contributed by atoms with Gasteiger partial charge in [-0.15, -0.1) is 0 Å². The van der Waals surface area contributed by atoms with E-state index in [9.17, 15) is 0 Å². The summed E-state index contributed by atoms with van der Waals surface area (Å²) in [4.78, 5) is 2.42. The molecule has 0 saturated carbocycles. The maximum atomic E-state index is 3.84. The highest BCUT2D eigenvalue weighted by Crippen LogP contribution is 2.00. The summed E-state index contributed by atoms with van der Waals surface area (Å²) in [7, 11) is 2.21. The number of nitrogens with zero attached hydrogens (tertiary/aromatic N) is 1. The molecular formula is C11H24N. The van der Waals surface area contributed by atoms with Gasteiger partial charge < -0.3 is 4.90 Å². The number of hydrogen-bond donors (Lipinski definition) is 0. The third kappa shape index (κ3) is 8.06. The van der Waals surface area contributed by atoms with Gasteiger partial charge in [-0.1, -0.05) is 39.5 Å². The summed E-state index contributed by atoms with van der Waals surface area (Å²) in [6, 6.07) is 0. The first kappa shape index (κ1) is 12.0. The minimum atomic E-state index is 1.07. The topological polar surface area (TPSA) is 3.24 Å². The molecule has 0 N–H and O–H groups in total. The molecule has 0 amide bonds. The molecular weight excluding hydrogens is 146 g/mol. The average molecular weight is 170 g/mol. The van der Waals surface area contributed by atoms with Gasteiger partial charge in [-0.2, -0.15) is 0 Å². The molecule has 0 aliphatic rings. The van der Waals surface area contributed by atoms with Crippen LogP contribution in [0.5, 0.6) is 0 Å². The lowest BCUT2D eigenvalue weighted by Crippen LogP contribution is -2.20. The molecule has 1 heteroatoms. The fraction of sp³-hybridized carbons (Fsp3) is 0.909. The molecule has 0 spiro atoms. The summed E-state index contributed by atoms with van der Waals surface area (Å²) in [6.45, 7) is 8.58. The van der Waals surface area contributed by atoms with Gasteiger partial charge in [0.05, 0.1) is 0 Å². The first-order valence-electron chi connectivity index (χ1n) is 5.29. The number of hydrogen-bond acceptors (Lipinski definition) is 1. The van der Waals surface area contributed by atoms with Crippen LogP contribution in [0.3, 0.4) is 0 Å². The van der Waals surface area contributed by atoms with Crippen LogP contribution in [0.2, 0.25) is 0 Å². The molecule has 0 aliphatic heterocycles. The summed E-state index contributed by atoms with van der Waals surface area (Å²) in [6.07, 6.45) is 7.79. The van der Waals surface area contributed by atoms with Gasteiger partial charge in [0.1, 0.15) is 0 Å². The molecule has 0 aromatic heterocycles. The van der Waals surface area contributed by atoms with Crippen LogP contribution in [0.4, 0.5) is 0 Å². The van der Waals surface area contributed by atoms with E-state index in [4.69, 9.17) is 0 Å². The fourth-order valence-electron chi connectivity index (χ4n) is 1.30. The molecule has 1 radical (unpaired) electrons. The highest BCUT2D eigenvalue weighted by molar-refractivity contribution is 4.53. The van der Waals surface area contributed by atoms with Gasteiger partial charge in [-0.3, -0.25) is 0 Å². The van der Waals surface area contributed by atoms with Crippen molar-refractivity contribution < 1.29 is 0 Å². The lowest BCUT2D eigenvalue weighted by Gasteiger charge is -2.15. The van der Waals surface area contributed by atoms with E-state index >= 15 is 0 Å². The first-order valence-corrected chi connectivity index (χ1v) is 5.29. The average Bonchev–Trinajstić information content (AvgIpc) is 2.09. The van der Waals surface area contributed by atoms with Gasteiger partial charge in [0.25, 0.3) is 0 Å². The third-order valence-corrected chi connectivity index (χ3v) is 2.18. The van der Waals surface area contributed by atoms with Crippen molar-refractivity contribution in [1.82, 2.24) is 4.90 Å². The van der Waals surface area contributed by atoms with Crippen LogP contribution in [-0.4, -0.2) is 25.0 Å². The summed E-state index contributed by atoms with van der Waals surface area (Å²) < 4.78 is 0. The Bertz CT molecular complexity index is 81.1. The lowest BCUT2D eigenvalue weighted by molar-refractivity contribution is 0.321. The van der Waals surface area contributed by atoms with Crippen LogP contribution in [-0.2, 0) is 0 Å². The Kier molecular flexibility index (Phi) is 9.02. The first-order chi connectivity index (χ1) is 5.81. The zero-order valence-corrected chi connectivity index (χ0v) is 8.81. The smallest absolute Gasteiger partial charge is 0.00218 e. The third-order valence-electron chi connectivity index (χ3n) is 2.18. The molecule has 1 nitrogen and oxygen atoms in total. The van der Waals surface area contributed by atoms with Crippen molar-refractivity contribution in [3.05, 3.63) is 6.92 Å². The van der Waals surface area contributed by atoms with Crippen molar-refractivity contribution in [2.45, 2.75) is 45.4 Å². The SMILES string of the molecule is [CH2]CCCN(C)CCCCCC. The van der Waals surface area contributed by atoms with Crippen LogP contribution in [0.25, 0.3) is 0 Å². The Morgan fingerprint density at radius 3 is 2.25 bits per heavy atom. The van der Waals surface area contributed by atoms with Gasteiger partial charge in [0.15, 0.2) is 0 Å². The normalized spacial score (nSPS) is 11.0. The molecule has 0 fully saturated rings. The van der Waals surface area contributed by atoms with Crippen molar-refractivity contribution in [3.8, 4) is 0 Å². The van der Waals surface area contributed by atoms with Gasteiger partial charge >= 0.3 is 0 Å². The molecule has 0 atom stereocenters. The van der Waals surface area contributed by atoms with E-state index in [1.807, 2.05) is 0 Å². The van der Waals surface area contributed by atoms with Crippen LogP contribution in [0.1, 0.15) is 45.4 Å². The molecule has 12 heavy (non-hydrogen) atoms. The Morgan fingerprint density at radius 1 is 1.00 bits per heavy atom. The Morgan fingerprint density at radius 2 is 1.67 bits per heavy atom. The van der Waals surface area contributed by atoms with Crippen molar-refractivity contribution in [2.24, 2.45) is 0 Å². The maximum Gasteiger partial charge on any atom is -0.00218 e. The van der Waals surface area contributed by atoms with E-state index < -0.39 is 0 Å². The van der Waals surface area contributed by atoms with Crippen molar-refractivity contribution in [3.63, 3.8) is 0 Å². The summed E-state index contributed by atoms with van der Waals surface area (Å²) in [5.41, 5.74) is 0. The molecule has 0 rings (SSSR count). The second-order valence-corrected chi connectivity index (χ2v) is 3.57. The van der Waals surface area contributed by atoms with Gasteiger partial charge in [0, 0.05) is 0 Å². The Labute approximate surface area is 78.1 Å². The summed E-state index contributed by atoms with van der Waals surface area (Å²) in [5.74, 6) is 0. The minimum Gasteiger partial charge on any atom is -0.306 e. The minimum absolute atomic E-state index is 1.07. The van der Waals surface area contributed by atoms with Crippen LogP contribution in [0, 0.1) is 6.92 Å². The second-order valence-electron chi connectivity index (χ2n) is 3.57. The fourth-order valence-corrected chi connectivity index (χ4v) is 1.30. The van der Waals surface area contributed by atoms with Crippen molar-refractivity contribution in [2.75, 3.05) is 20.1 Å². The molecule has 0 bridgehead atoms. The van der Waals surface area contributed by atoms with E-state index in [-0.39, 0.29) is 0 Å². The van der Waals surface area contributed by atoms with Crippen molar-refractivity contribution >= 4 is 0 Å². The Balaban J connectivity index is 3.02. The van der Waals surface area contributed by atoms with Gasteiger partial charge in [0.2, 0.25) is 0 Å². The van der Waals surface area contributed by atoms with Crippen LogP contribution >= 0.6 is 0 Å². The van der Waals surface area contributed by atoms with Gasteiger partial charge in [-0.05, 0) is 33.0 Å². The Hall–Kier alpha value is -0.0400. The predicted octanol–water partition coefficient (Wildman–Crippen LogP) is 3.11. The standard InChI is InChI=1S/C11H24N/c1-4-6-8-9-11-12(3)10-7-5-2/h2,4-11H2,1,3H3. The summed E-state index contributed by atoms with van der Waals surface area (Å²) >= 11 is 0. The quantitative estimate of drug-likeness (QED) is 0.506. The zero-order valence-electron chi connectivity index (χ0n) is 8.81. The van der Waals surface area contributed by atoms with E-state index in [1.54, 1.807) is 0 Å². The summed E-state index contributed by atoms with van der Waals surface area (Å²) in [5, 5.41) is 0. The van der Waals surface area contributed by atoms with E-state index in [1.165, 1.54) is 45.2 Å². The molecule has 0 aromatic rings. The molecule has 73 valence electrons. The molecule has 0 aliphatic carbocycles. The van der Waals surface area contributed by atoms with E-state index in [0.29, 0.717) is 0 Å². The molecule has 0 heterocycles. The second kappa shape index (κ2) is 9.05. The zero-order chi connectivity index (χ0) is 9.23. The lowest BCUT2D eigenvalue weighted by atomic mass is 10.2. The highest BCUT2D eigenvalue weighted by atomic mass is 15.1. The van der Waals surface area contributed by atoms with Crippen LogP contribution in [0.15, 0.2) is 0 Å². The predicted molar refractivity (Wildman–Crippen MR) is 56.2 cm³/mol. The van der Waals surface area contributed by atoms with Crippen LogP contribution < -0.4 is 0 Å². The van der Waals surface area contributed by atoms with E-state index in [0.717, 1.165) is 6.42 Å². The largest absolute Gasteiger partial charge is 0.306 e. The number of unbranched alkanes of at least 4 members (excludes halogenated alkanes) is 4. The van der Waals surface area contributed by atoms with Gasteiger partial charge in [-0.25, -0.2) is 0 Å². The van der Waals surface area contributed by atoms with Crippen molar-refractivity contribution in [1.29, 1.82) is 0 Å². The van der Waals surface area contributed by atoms with E-state index in [2.05, 4.69) is 25.8 Å². The molecule has 0 unspecified atom stereocenters. The molecule has 0 aromatic carbocycles. The molecule has 0 saturated heterocycles. The maximum absolute atomic E-state index is 3.84. The highest BCUT2D eigenvalue weighted by Gasteiger charge is 1.95. The monoisotopic (exact) mass is 170 g/mol.